The molecule has 2 nitrogen and oxygen atoms in total. The van der Waals surface area contributed by atoms with Crippen LogP contribution >= 0.6 is 0 Å². The molecule has 0 aliphatic heterocycles. The Morgan fingerprint density at radius 1 is 1.29 bits per heavy atom. The number of para-hydroxylation sites is 1. The van der Waals surface area contributed by atoms with Crippen LogP contribution in [0.5, 0.6) is 5.75 Å². The number of hydrogen-bond acceptors (Lipinski definition) is 2. The van der Waals surface area contributed by atoms with Crippen LogP contribution in [0.1, 0.15) is 32.8 Å². The van der Waals surface area contributed by atoms with Gasteiger partial charge in [-0.1, -0.05) is 30.4 Å². The lowest BCUT2D eigenvalue weighted by Crippen LogP contribution is -2.16. The molecule has 0 aliphatic carbocycles. The normalized spacial score (nSPS) is 11.3. The molecule has 0 aromatic heterocycles. The molecule has 0 fully saturated rings. The monoisotopic (exact) mass is 233 g/mol. The molecule has 0 aliphatic rings. The fourth-order valence-electron chi connectivity index (χ4n) is 1.59. The second-order valence-corrected chi connectivity index (χ2v) is 4.31. The Morgan fingerprint density at radius 3 is 2.76 bits per heavy atom. The van der Waals surface area contributed by atoms with E-state index in [4.69, 9.17) is 4.74 Å². The number of hydrogen-bond donors (Lipinski definition) is 1. The van der Waals surface area contributed by atoms with Crippen LogP contribution in [0.15, 0.2) is 36.4 Å². The van der Waals surface area contributed by atoms with E-state index in [-0.39, 0.29) is 6.10 Å². The Hall–Kier alpha value is -1.28. The maximum atomic E-state index is 5.77. The van der Waals surface area contributed by atoms with Crippen molar-refractivity contribution in [2.45, 2.75) is 39.8 Å². The summed E-state index contributed by atoms with van der Waals surface area (Å²) >= 11 is 0. The van der Waals surface area contributed by atoms with Crippen LogP contribution in [0.25, 0.3) is 0 Å². The fourth-order valence-corrected chi connectivity index (χ4v) is 1.59. The topological polar surface area (TPSA) is 21.3 Å². The van der Waals surface area contributed by atoms with E-state index < -0.39 is 0 Å². The number of nitrogens with one attached hydrogen (secondary N) is 1. The lowest BCUT2D eigenvalue weighted by molar-refractivity contribution is 0.239. The van der Waals surface area contributed by atoms with Crippen molar-refractivity contribution < 1.29 is 4.74 Å². The van der Waals surface area contributed by atoms with Crippen LogP contribution in [0.3, 0.4) is 0 Å². The first-order valence-corrected chi connectivity index (χ1v) is 6.30. The van der Waals surface area contributed by atoms with E-state index in [1.165, 1.54) is 5.56 Å². The van der Waals surface area contributed by atoms with Gasteiger partial charge in [0, 0.05) is 12.1 Å². The van der Waals surface area contributed by atoms with Crippen molar-refractivity contribution in [1.29, 1.82) is 0 Å². The number of allylic oxidation sites excluding steroid dienone is 1. The second kappa shape index (κ2) is 7.91. The summed E-state index contributed by atoms with van der Waals surface area (Å²) in [4.78, 5) is 0. The van der Waals surface area contributed by atoms with Crippen molar-refractivity contribution in [2.24, 2.45) is 0 Å². The quantitative estimate of drug-likeness (QED) is 0.574. The van der Waals surface area contributed by atoms with E-state index in [0.717, 1.165) is 25.3 Å². The Balaban J connectivity index is 2.46. The average Bonchev–Trinajstić information content (AvgIpc) is 2.30. The standard InChI is InChI=1S/C15H23NO/c1-4-5-8-11-16-12-14-9-6-7-10-15(14)17-13(2)3/h4-7,9-10,13,16H,8,11-12H2,1-3H3/b5-4+. The molecule has 0 spiro atoms. The van der Waals surface area contributed by atoms with E-state index in [0.29, 0.717) is 0 Å². The van der Waals surface area contributed by atoms with E-state index in [1.54, 1.807) is 0 Å². The highest BCUT2D eigenvalue weighted by atomic mass is 16.5. The Labute approximate surface area is 105 Å². The third kappa shape index (κ3) is 5.55. The van der Waals surface area contributed by atoms with Crippen LogP contribution in [0, 0.1) is 0 Å². The lowest BCUT2D eigenvalue weighted by atomic mass is 10.2. The first-order chi connectivity index (χ1) is 8.24. The van der Waals surface area contributed by atoms with Gasteiger partial charge in [-0.2, -0.15) is 0 Å². The number of benzene rings is 1. The maximum absolute atomic E-state index is 5.77. The van der Waals surface area contributed by atoms with E-state index in [9.17, 15) is 0 Å². The van der Waals surface area contributed by atoms with Crippen molar-refractivity contribution >= 4 is 0 Å². The van der Waals surface area contributed by atoms with Crippen molar-refractivity contribution in [3.8, 4) is 5.75 Å². The SMILES string of the molecule is C/C=C/CCNCc1ccccc1OC(C)C. The zero-order valence-electron chi connectivity index (χ0n) is 11.1. The average molecular weight is 233 g/mol. The van der Waals surface area contributed by atoms with Gasteiger partial charge in [0.25, 0.3) is 0 Å². The minimum atomic E-state index is 0.221. The van der Waals surface area contributed by atoms with E-state index in [2.05, 4.69) is 43.4 Å². The summed E-state index contributed by atoms with van der Waals surface area (Å²) in [5.41, 5.74) is 1.22. The summed E-state index contributed by atoms with van der Waals surface area (Å²) in [6.07, 6.45) is 5.55. The van der Waals surface area contributed by atoms with Crippen LogP contribution in [-0.2, 0) is 6.54 Å². The van der Waals surface area contributed by atoms with Gasteiger partial charge >= 0.3 is 0 Å². The van der Waals surface area contributed by atoms with Crippen LogP contribution in [-0.4, -0.2) is 12.6 Å². The molecule has 1 aromatic rings. The lowest BCUT2D eigenvalue weighted by Gasteiger charge is -2.14. The Bertz CT molecular complexity index is 345. The predicted octanol–water partition coefficient (Wildman–Crippen LogP) is 3.53. The van der Waals surface area contributed by atoms with Gasteiger partial charge in [0.05, 0.1) is 6.10 Å². The first-order valence-electron chi connectivity index (χ1n) is 6.30. The molecule has 2 heteroatoms. The summed E-state index contributed by atoms with van der Waals surface area (Å²) in [5.74, 6) is 0.987. The molecular weight excluding hydrogens is 210 g/mol. The summed E-state index contributed by atoms with van der Waals surface area (Å²) in [5, 5.41) is 3.42. The number of ether oxygens (including phenoxy) is 1. The molecule has 0 saturated heterocycles. The van der Waals surface area contributed by atoms with Crippen molar-refractivity contribution in [2.75, 3.05) is 6.54 Å². The molecule has 0 bridgehead atoms. The van der Waals surface area contributed by atoms with Crippen LogP contribution < -0.4 is 10.1 Å². The minimum Gasteiger partial charge on any atom is -0.491 e. The van der Waals surface area contributed by atoms with Crippen LogP contribution in [0.4, 0.5) is 0 Å². The molecular formula is C15H23NO. The maximum Gasteiger partial charge on any atom is 0.124 e. The highest BCUT2D eigenvalue weighted by Gasteiger charge is 2.03. The zero-order valence-corrected chi connectivity index (χ0v) is 11.1. The fraction of sp³-hybridized carbons (Fsp3) is 0.467. The second-order valence-electron chi connectivity index (χ2n) is 4.31. The summed E-state index contributed by atoms with van der Waals surface area (Å²) in [6, 6.07) is 8.21. The summed E-state index contributed by atoms with van der Waals surface area (Å²) < 4.78 is 5.77. The summed E-state index contributed by atoms with van der Waals surface area (Å²) in [7, 11) is 0. The molecule has 0 unspecified atom stereocenters. The largest absolute Gasteiger partial charge is 0.491 e. The van der Waals surface area contributed by atoms with Gasteiger partial charge in [0.2, 0.25) is 0 Å². The molecule has 1 aromatic carbocycles. The number of rotatable bonds is 7. The molecule has 17 heavy (non-hydrogen) atoms. The van der Waals surface area contributed by atoms with Crippen LogP contribution in [0.2, 0.25) is 0 Å². The van der Waals surface area contributed by atoms with E-state index >= 15 is 0 Å². The van der Waals surface area contributed by atoms with Gasteiger partial charge in [-0.25, -0.2) is 0 Å². The van der Waals surface area contributed by atoms with Gasteiger partial charge in [-0.15, -0.1) is 0 Å². The third-order valence-electron chi connectivity index (χ3n) is 2.37. The Morgan fingerprint density at radius 2 is 2.06 bits per heavy atom. The smallest absolute Gasteiger partial charge is 0.124 e. The highest BCUT2D eigenvalue weighted by Crippen LogP contribution is 2.18. The van der Waals surface area contributed by atoms with Gasteiger partial charge in [-0.05, 0) is 39.8 Å². The van der Waals surface area contributed by atoms with Gasteiger partial charge < -0.3 is 10.1 Å². The van der Waals surface area contributed by atoms with Crippen molar-refractivity contribution in [3.05, 3.63) is 42.0 Å². The molecule has 0 amide bonds. The van der Waals surface area contributed by atoms with Gasteiger partial charge in [0.15, 0.2) is 0 Å². The zero-order chi connectivity index (χ0) is 12.5. The highest BCUT2D eigenvalue weighted by molar-refractivity contribution is 5.33. The predicted molar refractivity (Wildman–Crippen MR) is 73.3 cm³/mol. The van der Waals surface area contributed by atoms with Gasteiger partial charge in [-0.3, -0.25) is 0 Å². The van der Waals surface area contributed by atoms with E-state index in [1.807, 2.05) is 19.1 Å². The molecule has 0 saturated carbocycles. The summed E-state index contributed by atoms with van der Waals surface area (Å²) in [6.45, 7) is 8.01. The first kappa shape index (κ1) is 13.8. The molecule has 0 heterocycles. The minimum absolute atomic E-state index is 0.221. The van der Waals surface area contributed by atoms with Gasteiger partial charge in [0.1, 0.15) is 5.75 Å². The molecule has 0 radical (unpaired) electrons. The molecule has 0 atom stereocenters. The molecule has 1 N–H and O–H groups in total. The molecule has 1 rings (SSSR count). The third-order valence-corrected chi connectivity index (χ3v) is 2.37. The van der Waals surface area contributed by atoms with Crippen molar-refractivity contribution in [3.63, 3.8) is 0 Å². The van der Waals surface area contributed by atoms with Crippen molar-refractivity contribution in [1.82, 2.24) is 5.32 Å². The molecule has 94 valence electrons. The Kier molecular flexibility index (Phi) is 6.41.